The Morgan fingerprint density at radius 1 is 1.05 bits per heavy atom. The Morgan fingerprint density at radius 2 is 1.60 bits per heavy atom. The number of hydrogen-bond acceptors (Lipinski definition) is 8. The largest absolute Gasteiger partial charge is 0.469 e. The van der Waals surface area contributed by atoms with Crippen molar-refractivity contribution in [3.8, 4) is 12.0 Å². The molecule has 1 aromatic rings. The van der Waals surface area contributed by atoms with E-state index in [2.05, 4.69) is 15.0 Å². The second-order valence-electron chi connectivity index (χ2n) is 4.39. The molecule has 0 atom stereocenters. The lowest BCUT2D eigenvalue weighted by Crippen LogP contribution is -2.37. The van der Waals surface area contributed by atoms with Gasteiger partial charge in [-0.3, -0.25) is 4.79 Å². The van der Waals surface area contributed by atoms with Gasteiger partial charge >= 0.3 is 18.0 Å². The molecule has 0 saturated carbocycles. The number of aromatic nitrogens is 3. The van der Waals surface area contributed by atoms with Gasteiger partial charge in [0.25, 0.3) is 0 Å². The second-order valence-corrected chi connectivity index (χ2v) is 4.39. The summed E-state index contributed by atoms with van der Waals surface area (Å²) in [4.78, 5) is 25.8. The molecule has 2 rings (SSSR count). The average Bonchev–Trinajstić information content (AvgIpc) is 2.53. The first-order chi connectivity index (χ1) is 9.67. The van der Waals surface area contributed by atoms with Crippen LogP contribution in [0.15, 0.2) is 0 Å². The van der Waals surface area contributed by atoms with Crippen LogP contribution in [0.4, 0.5) is 5.95 Å². The molecule has 8 nitrogen and oxygen atoms in total. The minimum Gasteiger partial charge on any atom is -0.469 e. The molecular formula is C12H18N4O4. The third kappa shape index (κ3) is 3.06. The minimum absolute atomic E-state index is 0.0538. The zero-order valence-electron chi connectivity index (χ0n) is 11.8. The molecule has 1 aliphatic heterocycles. The molecule has 0 spiro atoms. The van der Waals surface area contributed by atoms with Crippen molar-refractivity contribution in [1.82, 2.24) is 15.0 Å². The summed E-state index contributed by atoms with van der Waals surface area (Å²) in [5.74, 6) is 0.286. The molecule has 20 heavy (non-hydrogen) atoms. The van der Waals surface area contributed by atoms with Crippen LogP contribution in [-0.2, 0) is 9.53 Å². The Morgan fingerprint density at radius 3 is 2.05 bits per heavy atom. The highest BCUT2D eigenvalue weighted by molar-refractivity contribution is 5.72. The number of nitrogens with zero attached hydrogens (tertiary/aromatic N) is 4. The van der Waals surface area contributed by atoms with Gasteiger partial charge in [-0.15, -0.1) is 4.98 Å². The first kappa shape index (κ1) is 14.3. The van der Waals surface area contributed by atoms with Gasteiger partial charge in [0, 0.05) is 13.1 Å². The third-order valence-electron chi connectivity index (χ3n) is 3.26. The van der Waals surface area contributed by atoms with Gasteiger partial charge in [0.1, 0.15) is 0 Å². The van der Waals surface area contributed by atoms with Gasteiger partial charge in [0.15, 0.2) is 0 Å². The number of ether oxygens (including phenoxy) is 3. The van der Waals surface area contributed by atoms with Crippen molar-refractivity contribution in [2.75, 3.05) is 39.3 Å². The van der Waals surface area contributed by atoms with E-state index in [1.54, 1.807) is 0 Å². The van der Waals surface area contributed by atoms with Gasteiger partial charge in [-0.1, -0.05) is 0 Å². The van der Waals surface area contributed by atoms with Crippen LogP contribution in [0.1, 0.15) is 12.8 Å². The van der Waals surface area contributed by atoms with Crippen LogP contribution >= 0.6 is 0 Å². The topological polar surface area (TPSA) is 86.7 Å². The quantitative estimate of drug-likeness (QED) is 0.728. The number of rotatable bonds is 4. The lowest BCUT2D eigenvalue weighted by Gasteiger charge is -2.30. The minimum atomic E-state index is -0.157. The maximum atomic E-state index is 11.5. The molecule has 0 radical (unpaired) electrons. The number of esters is 1. The average molecular weight is 282 g/mol. The summed E-state index contributed by atoms with van der Waals surface area (Å²) in [5.41, 5.74) is 0. The van der Waals surface area contributed by atoms with Crippen LogP contribution in [0.25, 0.3) is 0 Å². The summed E-state index contributed by atoms with van der Waals surface area (Å²) in [6.07, 6.45) is 1.42. The standard InChI is InChI=1S/C12H18N4O4/c1-18-9(17)8-4-6-16(7-5-8)10-13-11(19-2)15-12(14-10)20-3/h8H,4-7H2,1-3H3. The fraction of sp³-hybridized carbons (Fsp3) is 0.667. The zero-order valence-corrected chi connectivity index (χ0v) is 11.8. The second kappa shape index (κ2) is 6.36. The predicted molar refractivity (Wildman–Crippen MR) is 69.9 cm³/mol. The molecule has 1 fully saturated rings. The number of methoxy groups -OCH3 is 3. The van der Waals surface area contributed by atoms with Gasteiger partial charge in [0.05, 0.1) is 27.2 Å². The molecule has 2 heterocycles. The van der Waals surface area contributed by atoms with Gasteiger partial charge in [-0.25, -0.2) is 0 Å². The molecule has 0 aliphatic carbocycles. The highest BCUT2D eigenvalue weighted by Gasteiger charge is 2.27. The predicted octanol–water partition coefficient (Wildman–Crippen LogP) is 0.278. The lowest BCUT2D eigenvalue weighted by atomic mass is 9.97. The van der Waals surface area contributed by atoms with E-state index in [1.165, 1.54) is 21.3 Å². The van der Waals surface area contributed by atoms with Crippen LogP contribution in [0.2, 0.25) is 0 Å². The fourth-order valence-corrected chi connectivity index (χ4v) is 2.13. The highest BCUT2D eigenvalue weighted by atomic mass is 16.5. The summed E-state index contributed by atoms with van der Waals surface area (Å²) < 4.78 is 14.8. The zero-order chi connectivity index (χ0) is 14.5. The van der Waals surface area contributed by atoms with Crippen molar-refractivity contribution in [2.45, 2.75) is 12.8 Å². The van der Waals surface area contributed by atoms with E-state index < -0.39 is 0 Å². The molecular weight excluding hydrogens is 264 g/mol. The maximum absolute atomic E-state index is 11.5. The van der Waals surface area contributed by atoms with Crippen LogP contribution in [0, 0.1) is 5.92 Å². The van der Waals surface area contributed by atoms with Crippen LogP contribution in [0.5, 0.6) is 12.0 Å². The summed E-state index contributed by atoms with van der Waals surface area (Å²) in [7, 11) is 4.39. The molecule has 0 unspecified atom stereocenters. The SMILES string of the molecule is COC(=O)C1CCN(c2nc(OC)nc(OC)n2)CC1. The number of carbonyl (C=O) groups is 1. The van der Waals surface area contributed by atoms with Gasteiger partial charge < -0.3 is 19.1 Å². The van der Waals surface area contributed by atoms with Gasteiger partial charge in [-0.05, 0) is 12.8 Å². The summed E-state index contributed by atoms with van der Waals surface area (Å²) >= 11 is 0. The molecule has 8 heteroatoms. The monoisotopic (exact) mass is 282 g/mol. The Kier molecular flexibility index (Phi) is 4.54. The van der Waals surface area contributed by atoms with Crippen molar-refractivity contribution in [3.05, 3.63) is 0 Å². The Hall–Kier alpha value is -2.12. The van der Waals surface area contributed by atoms with Crippen molar-refractivity contribution in [2.24, 2.45) is 5.92 Å². The van der Waals surface area contributed by atoms with E-state index >= 15 is 0 Å². The van der Waals surface area contributed by atoms with Crippen LogP contribution in [-0.4, -0.2) is 55.3 Å². The molecule has 0 aromatic carbocycles. The van der Waals surface area contributed by atoms with Crippen LogP contribution < -0.4 is 14.4 Å². The van der Waals surface area contributed by atoms with E-state index in [4.69, 9.17) is 14.2 Å². The molecule has 0 bridgehead atoms. The van der Waals surface area contributed by atoms with E-state index in [1.807, 2.05) is 4.90 Å². The molecule has 1 saturated heterocycles. The van der Waals surface area contributed by atoms with Crippen LogP contribution in [0.3, 0.4) is 0 Å². The lowest BCUT2D eigenvalue weighted by molar-refractivity contribution is -0.146. The van der Waals surface area contributed by atoms with Gasteiger partial charge in [0.2, 0.25) is 5.95 Å². The first-order valence-corrected chi connectivity index (χ1v) is 6.34. The van der Waals surface area contributed by atoms with Crippen molar-refractivity contribution in [1.29, 1.82) is 0 Å². The summed E-state index contributed by atoms with van der Waals surface area (Å²) in [6, 6.07) is 0.420. The maximum Gasteiger partial charge on any atom is 0.324 e. The summed E-state index contributed by atoms with van der Waals surface area (Å²) in [6.45, 7) is 1.35. The Balaban J connectivity index is 2.08. The Bertz CT molecular complexity index is 452. The van der Waals surface area contributed by atoms with E-state index in [9.17, 15) is 4.79 Å². The number of piperidine rings is 1. The normalized spacial score (nSPS) is 15.8. The fourth-order valence-electron chi connectivity index (χ4n) is 2.13. The molecule has 0 N–H and O–H groups in total. The number of hydrogen-bond donors (Lipinski definition) is 0. The van der Waals surface area contributed by atoms with Crippen molar-refractivity contribution in [3.63, 3.8) is 0 Å². The van der Waals surface area contributed by atoms with Gasteiger partial charge in [-0.2, -0.15) is 9.97 Å². The first-order valence-electron chi connectivity index (χ1n) is 6.34. The molecule has 110 valence electrons. The number of carbonyl (C=O) groups excluding carboxylic acids is 1. The van der Waals surface area contributed by atoms with E-state index in [-0.39, 0.29) is 23.9 Å². The van der Waals surface area contributed by atoms with Crippen molar-refractivity contribution < 1.29 is 19.0 Å². The Labute approximate surface area is 117 Å². The van der Waals surface area contributed by atoms with E-state index in [0.29, 0.717) is 31.9 Å². The molecule has 1 aromatic heterocycles. The highest BCUT2D eigenvalue weighted by Crippen LogP contribution is 2.23. The number of anilines is 1. The molecule has 1 aliphatic rings. The smallest absolute Gasteiger partial charge is 0.324 e. The molecule has 0 amide bonds. The van der Waals surface area contributed by atoms with Crippen molar-refractivity contribution >= 4 is 11.9 Å². The third-order valence-corrected chi connectivity index (χ3v) is 3.26. The summed E-state index contributed by atoms with van der Waals surface area (Å²) in [5, 5.41) is 0. The van der Waals surface area contributed by atoms with E-state index in [0.717, 1.165) is 0 Å².